The number of rotatable bonds is 8. The maximum atomic E-state index is 11.9. The van der Waals surface area contributed by atoms with Crippen LogP contribution in [0.2, 0.25) is 0 Å². The Hall–Kier alpha value is -2.50. The van der Waals surface area contributed by atoms with E-state index in [9.17, 15) is 9.59 Å². The third-order valence-corrected chi connectivity index (χ3v) is 4.18. The Labute approximate surface area is 147 Å². The smallest absolute Gasteiger partial charge is 0.333 e. The topological polar surface area (TPSA) is 82.1 Å². The van der Waals surface area contributed by atoms with Gasteiger partial charge in [0.25, 0.3) is 0 Å². The van der Waals surface area contributed by atoms with Gasteiger partial charge in [0.05, 0.1) is 20.3 Å². The fraction of sp³-hybridized carbons (Fsp3) is 0.474. The van der Waals surface area contributed by atoms with Crippen molar-refractivity contribution in [1.29, 1.82) is 0 Å². The van der Waals surface area contributed by atoms with Gasteiger partial charge in [-0.2, -0.15) is 0 Å². The van der Waals surface area contributed by atoms with Crippen LogP contribution in [0.3, 0.4) is 0 Å². The molecule has 0 aromatic heterocycles. The van der Waals surface area contributed by atoms with E-state index in [1.807, 2.05) is 0 Å². The van der Waals surface area contributed by atoms with Crippen LogP contribution in [0, 0.1) is 0 Å². The zero-order valence-corrected chi connectivity index (χ0v) is 14.6. The predicted octanol–water partition coefficient (Wildman–Crippen LogP) is 3.44. The Morgan fingerprint density at radius 2 is 1.88 bits per heavy atom. The Morgan fingerprint density at radius 1 is 1.16 bits per heavy atom. The maximum Gasteiger partial charge on any atom is 0.333 e. The van der Waals surface area contributed by atoms with E-state index >= 15 is 0 Å². The molecule has 0 heterocycles. The van der Waals surface area contributed by atoms with E-state index < -0.39 is 11.9 Å². The van der Waals surface area contributed by atoms with E-state index in [1.54, 1.807) is 31.4 Å². The number of carboxylic acid groups (broad SMARTS) is 1. The Bertz CT molecular complexity index is 643. The van der Waals surface area contributed by atoms with Crippen molar-refractivity contribution in [2.24, 2.45) is 0 Å². The lowest BCUT2D eigenvalue weighted by Crippen LogP contribution is -2.11. The van der Waals surface area contributed by atoms with Crippen molar-refractivity contribution < 1.29 is 28.9 Å². The first-order chi connectivity index (χ1) is 12.0. The molecule has 136 valence electrons. The van der Waals surface area contributed by atoms with Gasteiger partial charge in [0, 0.05) is 12.0 Å². The number of carbonyl (C=O) groups excluding carboxylic acids is 1. The molecule has 0 unspecified atom stereocenters. The molecule has 0 atom stereocenters. The molecule has 1 aliphatic rings. The van der Waals surface area contributed by atoms with E-state index in [4.69, 9.17) is 19.3 Å². The number of hydrogen-bond donors (Lipinski definition) is 1. The van der Waals surface area contributed by atoms with Crippen LogP contribution in [-0.4, -0.2) is 37.4 Å². The Balaban J connectivity index is 2.25. The second-order valence-corrected chi connectivity index (χ2v) is 5.99. The summed E-state index contributed by atoms with van der Waals surface area (Å²) in [7, 11) is 2.86. The second-order valence-electron chi connectivity index (χ2n) is 5.99. The molecule has 2 rings (SSSR count). The van der Waals surface area contributed by atoms with Gasteiger partial charge in [0.2, 0.25) is 0 Å². The zero-order valence-electron chi connectivity index (χ0n) is 14.6. The number of methoxy groups -OCH3 is 2. The molecule has 0 radical (unpaired) electrons. The Kier molecular flexibility index (Phi) is 6.86. The summed E-state index contributed by atoms with van der Waals surface area (Å²) in [5, 5.41) is 8.84. The lowest BCUT2D eigenvalue weighted by atomic mass is 10.1. The summed E-state index contributed by atoms with van der Waals surface area (Å²) in [6, 6.07) is 5.38. The van der Waals surface area contributed by atoms with E-state index in [2.05, 4.69) is 0 Å². The first-order valence-electron chi connectivity index (χ1n) is 8.39. The molecular formula is C19H24O6. The van der Waals surface area contributed by atoms with Gasteiger partial charge in [-0.25, -0.2) is 4.79 Å². The van der Waals surface area contributed by atoms with E-state index in [0.29, 0.717) is 17.1 Å². The van der Waals surface area contributed by atoms with Crippen LogP contribution in [-0.2, 0) is 14.3 Å². The molecule has 0 bridgehead atoms. The van der Waals surface area contributed by atoms with Crippen LogP contribution < -0.4 is 9.47 Å². The fourth-order valence-electron chi connectivity index (χ4n) is 2.87. The molecule has 6 heteroatoms. The average molecular weight is 348 g/mol. The molecule has 0 amide bonds. The van der Waals surface area contributed by atoms with E-state index in [0.717, 1.165) is 31.2 Å². The third kappa shape index (κ3) is 5.52. The second kappa shape index (κ2) is 9.11. The molecule has 0 saturated heterocycles. The minimum atomic E-state index is -0.963. The van der Waals surface area contributed by atoms with Crippen molar-refractivity contribution in [1.82, 2.24) is 0 Å². The van der Waals surface area contributed by atoms with Gasteiger partial charge < -0.3 is 19.3 Å². The largest absolute Gasteiger partial charge is 0.493 e. The highest BCUT2D eigenvalue weighted by atomic mass is 16.5. The van der Waals surface area contributed by atoms with Crippen LogP contribution in [0.5, 0.6) is 11.5 Å². The van der Waals surface area contributed by atoms with Crippen LogP contribution in [0.25, 0.3) is 6.08 Å². The minimum Gasteiger partial charge on any atom is -0.493 e. The summed E-state index contributed by atoms with van der Waals surface area (Å²) < 4.78 is 16.1. The summed E-state index contributed by atoms with van der Waals surface area (Å²) in [6.45, 7) is 0. The van der Waals surface area contributed by atoms with E-state index in [-0.39, 0.29) is 18.9 Å². The molecule has 1 aliphatic carbocycles. The number of ether oxygens (including phenoxy) is 3. The van der Waals surface area contributed by atoms with Crippen LogP contribution in [0.4, 0.5) is 0 Å². The van der Waals surface area contributed by atoms with Crippen molar-refractivity contribution >= 4 is 18.0 Å². The third-order valence-electron chi connectivity index (χ3n) is 4.18. The number of esters is 1. The molecular weight excluding hydrogens is 324 g/mol. The molecule has 25 heavy (non-hydrogen) atoms. The van der Waals surface area contributed by atoms with Crippen molar-refractivity contribution in [3.8, 4) is 11.5 Å². The highest BCUT2D eigenvalue weighted by molar-refractivity contribution is 5.94. The lowest BCUT2D eigenvalue weighted by molar-refractivity contribution is -0.137. The quantitative estimate of drug-likeness (QED) is 0.572. The number of carboxylic acids is 1. The normalized spacial score (nSPS) is 15.0. The highest BCUT2D eigenvalue weighted by Crippen LogP contribution is 2.33. The van der Waals surface area contributed by atoms with Crippen molar-refractivity contribution in [2.75, 3.05) is 14.2 Å². The van der Waals surface area contributed by atoms with Gasteiger partial charge in [-0.1, -0.05) is 6.07 Å². The molecule has 1 N–H and O–H groups in total. The van der Waals surface area contributed by atoms with Gasteiger partial charge in [-0.05, 0) is 55.9 Å². The minimum absolute atomic E-state index is 0.104. The predicted molar refractivity (Wildman–Crippen MR) is 92.7 cm³/mol. The lowest BCUT2D eigenvalue weighted by Gasteiger charge is -2.16. The molecule has 1 aromatic carbocycles. The van der Waals surface area contributed by atoms with Gasteiger partial charge in [-0.3, -0.25) is 4.79 Å². The monoisotopic (exact) mass is 348 g/mol. The summed E-state index contributed by atoms with van der Waals surface area (Å²) in [5.41, 5.74) is 1.04. The van der Waals surface area contributed by atoms with Gasteiger partial charge in [0.15, 0.2) is 11.5 Å². The van der Waals surface area contributed by atoms with Gasteiger partial charge in [-0.15, -0.1) is 0 Å². The number of hydrogen-bond acceptors (Lipinski definition) is 5. The molecule has 1 fully saturated rings. The van der Waals surface area contributed by atoms with E-state index in [1.165, 1.54) is 7.11 Å². The summed E-state index contributed by atoms with van der Waals surface area (Å²) >= 11 is 0. The number of benzene rings is 1. The van der Waals surface area contributed by atoms with Crippen molar-refractivity contribution in [2.45, 2.75) is 44.6 Å². The van der Waals surface area contributed by atoms with Crippen LogP contribution in [0.1, 0.15) is 44.1 Å². The number of aliphatic carboxylic acids is 1. The van der Waals surface area contributed by atoms with Crippen LogP contribution >= 0.6 is 0 Å². The fourth-order valence-corrected chi connectivity index (χ4v) is 2.87. The summed E-state index contributed by atoms with van der Waals surface area (Å²) in [4.78, 5) is 22.7. The molecule has 0 aliphatic heterocycles. The van der Waals surface area contributed by atoms with Crippen molar-refractivity contribution in [3.05, 3.63) is 29.3 Å². The first-order valence-corrected chi connectivity index (χ1v) is 8.39. The zero-order chi connectivity index (χ0) is 18.2. The number of carbonyl (C=O) groups is 2. The van der Waals surface area contributed by atoms with Crippen LogP contribution in [0.15, 0.2) is 23.8 Å². The molecule has 6 nitrogen and oxygen atoms in total. The summed E-state index contributed by atoms with van der Waals surface area (Å²) in [6.07, 6.45) is 6.15. The molecule has 1 aromatic rings. The standard InChI is InChI=1S/C19H24O6/c1-23-16-9-7-13(12-17(16)25-15-5-3-4-6-15)11-14(19(22)24-2)8-10-18(20)21/h7,9,11-12,15H,3-6,8,10H2,1-2H3,(H,20,21)/b14-11-. The molecule has 0 spiro atoms. The average Bonchev–Trinajstić information content (AvgIpc) is 3.11. The summed E-state index contributed by atoms with van der Waals surface area (Å²) in [5.74, 6) is -0.232. The SMILES string of the molecule is COC(=O)/C(=C\c1ccc(OC)c(OC2CCCC2)c1)CCC(=O)O. The van der Waals surface area contributed by atoms with Crippen molar-refractivity contribution in [3.63, 3.8) is 0 Å². The molecule has 1 saturated carbocycles. The maximum absolute atomic E-state index is 11.9. The first kappa shape index (κ1) is 18.8. The van der Waals surface area contributed by atoms with Gasteiger partial charge in [0.1, 0.15) is 0 Å². The van der Waals surface area contributed by atoms with Gasteiger partial charge >= 0.3 is 11.9 Å². The Morgan fingerprint density at radius 3 is 2.48 bits per heavy atom. The highest BCUT2D eigenvalue weighted by Gasteiger charge is 2.19.